The van der Waals surface area contributed by atoms with E-state index in [1.807, 2.05) is 25.7 Å². The number of aliphatic imine (C=N–C) groups is 1. The van der Waals surface area contributed by atoms with Gasteiger partial charge >= 0.3 is 0 Å². The summed E-state index contributed by atoms with van der Waals surface area (Å²) in [5.74, 6) is 0.309. The van der Waals surface area contributed by atoms with Crippen molar-refractivity contribution in [2.75, 3.05) is 26.2 Å². The first-order valence-corrected chi connectivity index (χ1v) is 5.95. The maximum absolute atomic E-state index is 11.4. The SMILES string of the molecule is CC(C)NC(=O)CN=C(N)N1CCOC(C)C1. The van der Waals surface area contributed by atoms with Gasteiger partial charge in [0.1, 0.15) is 6.54 Å². The van der Waals surface area contributed by atoms with Crippen LogP contribution in [0.1, 0.15) is 20.8 Å². The Hall–Kier alpha value is -1.30. The van der Waals surface area contributed by atoms with Crippen molar-refractivity contribution in [3.05, 3.63) is 0 Å². The Balaban J connectivity index is 2.40. The Morgan fingerprint density at radius 2 is 2.35 bits per heavy atom. The first kappa shape index (κ1) is 13.8. The summed E-state index contributed by atoms with van der Waals surface area (Å²) in [4.78, 5) is 17.4. The second-order valence-corrected chi connectivity index (χ2v) is 4.52. The van der Waals surface area contributed by atoms with Crippen LogP contribution in [0.4, 0.5) is 0 Å². The molecule has 0 aromatic heterocycles. The summed E-state index contributed by atoms with van der Waals surface area (Å²) in [6, 6.07) is 0.127. The molecule has 1 heterocycles. The van der Waals surface area contributed by atoms with E-state index in [9.17, 15) is 4.79 Å². The lowest BCUT2D eigenvalue weighted by molar-refractivity contribution is -0.120. The maximum Gasteiger partial charge on any atom is 0.242 e. The van der Waals surface area contributed by atoms with Gasteiger partial charge in [0.05, 0.1) is 12.7 Å². The van der Waals surface area contributed by atoms with Gasteiger partial charge in [-0.05, 0) is 20.8 Å². The molecule has 6 nitrogen and oxygen atoms in total. The molecule has 0 saturated carbocycles. The third-order valence-corrected chi connectivity index (χ3v) is 2.40. The molecule has 1 aliphatic heterocycles. The monoisotopic (exact) mass is 242 g/mol. The highest BCUT2D eigenvalue weighted by Gasteiger charge is 2.18. The summed E-state index contributed by atoms with van der Waals surface area (Å²) < 4.78 is 5.40. The van der Waals surface area contributed by atoms with Gasteiger partial charge < -0.3 is 20.7 Å². The lowest BCUT2D eigenvalue weighted by atomic mass is 10.3. The number of rotatable bonds is 3. The Morgan fingerprint density at radius 1 is 1.65 bits per heavy atom. The molecule has 1 atom stereocenters. The molecule has 1 aliphatic rings. The van der Waals surface area contributed by atoms with Gasteiger partial charge in [-0.25, -0.2) is 4.99 Å². The van der Waals surface area contributed by atoms with Crippen molar-refractivity contribution in [3.8, 4) is 0 Å². The minimum Gasteiger partial charge on any atom is -0.375 e. The maximum atomic E-state index is 11.4. The van der Waals surface area contributed by atoms with E-state index in [1.165, 1.54) is 0 Å². The van der Waals surface area contributed by atoms with Crippen molar-refractivity contribution in [2.45, 2.75) is 32.9 Å². The van der Waals surface area contributed by atoms with Gasteiger partial charge in [-0.3, -0.25) is 4.79 Å². The molecule has 0 aliphatic carbocycles. The summed E-state index contributed by atoms with van der Waals surface area (Å²) in [6.45, 7) is 7.99. The summed E-state index contributed by atoms with van der Waals surface area (Å²) in [5, 5.41) is 2.77. The van der Waals surface area contributed by atoms with E-state index in [1.54, 1.807) is 0 Å². The van der Waals surface area contributed by atoms with Crippen LogP contribution in [0.15, 0.2) is 4.99 Å². The minimum absolute atomic E-state index is 0.0791. The molecule has 1 saturated heterocycles. The van der Waals surface area contributed by atoms with E-state index >= 15 is 0 Å². The average Bonchev–Trinajstić information content (AvgIpc) is 2.25. The number of guanidine groups is 1. The number of carbonyl (C=O) groups excluding carboxylic acids is 1. The van der Waals surface area contributed by atoms with Crippen LogP contribution in [-0.4, -0.2) is 55.2 Å². The number of morpholine rings is 1. The number of ether oxygens (including phenoxy) is 1. The fourth-order valence-electron chi connectivity index (χ4n) is 1.65. The fraction of sp³-hybridized carbons (Fsp3) is 0.818. The van der Waals surface area contributed by atoms with E-state index in [0.29, 0.717) is 12.6 Å². The zero-order valence-corrected chi connectivity index (χ0v) is 10.8. The summed E-state index contributed by atoms with van der Waals surface area (Å²) in [6.07, 6.45) is 0.155. The Kier molecular flexibility index (Phi) is 5.21. The predicted octanol–water partition coefficient (Wildman–Crippen LogP) is -0.454. The number of nitrogens with one attached hydrogen (secondary N) is 1. The number of nitrogens with zero attached hydrogens (tertiary/aromatic N) is 2. The molecule has 1 amide bonds. The molecule has 1 rings (SSSR count). The highest BCUT2D eigenvalue weighted by atomic mass is 16.5. The van der Waals surface area contributed by atoms with Crippen molar-refractivity contribution in [2.24, 2.45) is 10.7 Å². The van der Waals surface area contributed by atoms with Crippen LogP contribution < -0.4 is 11.1 Å². The molecule has 0 radical (unpaired) electrons. The van der Waals surface area contributed by atoms with E-state index in [-0.39, 0.29) is 24.6 Å². The molecule has 6 heteroatoms. The first-order valence-electron chi connectivity index (χ1n) is 5.95. The molecule has 1 unspecified atom stereocenters. The van der Waals surface area contributed by atoms with Crippen molar-refractivity contribution in [1.82, 2.24) is 10.2 Å². The molecule has 0 aromatic rings. The first-order chi connectivity index (χ1) is 7.99. The van der Waals surface area contributed by atoms with E-state index in [4.69, 9.17) is 10.5 Å². The van der Waals surface area contributed by atoms with Gasteiger partial charge in [-0.1, -0.05) is 0 Å². The van der Waals surface area contributed by atoms with Gasteiger partial charge in [-0.15, -0.1) is 0 Å². The third-order valence-electron chi connectivity index (χ3n) is 2.40. The number of hydrogen-bond donors (Lipinski definition) is 2. The van der Waals surface area contributed by atoms with E-state index in [0.717, 1.165) is 13.1 Å². The molecule has 0 bridgehead atoms. The zero-order valence-electron chi connectivity index (χ0n) is 10.8. The van der Waals surface area contributed by atoms with Crippen molar-refractivity contribution < 1.29 is 9.53 Å². The number of carbonyl (C=O) groups is 1. The van der Waals surface area contributed by atoms with E-state index in [2.05, 4.69) is 10.3 Å². The second-order valence-electron chi connectivity index (χ2n) is 4.52. The largest absolute Gasteiger partial charge is 0.375 e. The summed E-state index contributed by atoms with van der Waals surface area (Å²) in [5.41, 5.74) is 5.83. The lowest BCUT2D eigenvalue weighted by Gasteiger charge is -2.31. The number of amides is 1. The molecular formula is C11H22N4O2. The van der Waals surface area contributed by atoms with Crippen molar-refractivity contribution >= 4 is 11.9 Å². The Labute approximate surface area is 102 Å². The quantitative estimate of drug-likeness (QED) is 0.519. The molecular weight excluding hydrogens is 220 g/mol. The van der Waals surface area contributed by atoms with E-state index < -0.39 is 0 Å². The molecule has 17 heavy (non-hydrogen) atoms. The molecule has 1 fully saturated rings. The van der Waals surface area contributed by atoms with Crippen LogP contribution in [0, 0.1) is 0 Å². The van der Waals surface area contributed by atoms with Crippen molar-refractivity contribution in [1.29, 1.82) is 0 Å². The highest BCUT2D eigenvalue weighted by Crippen LogP contribution is 2.03. The number of hydrogen-bond acceptors (Lipinski definition) is 3. The van der Waals surface area contributed by atoms with Gasteiger partial charge in [-0.2, -0.15) is 0 Å². The summed E-state index contributed by atoms with van der Waals surface area (Å²) in [7, 11) is 0. The minimum atomic E-state index is -0.107. The van der Waals surface area contributed by atoms with Crippen molar-refractivity contribution in [3.63, 3.8) is 0 Å². The predicted molar refractivity (Wildman–Crippen MR) is 66.8 cm³/mol. The standard InChI is InChI=1S/C11H22N4O2/c1-8(2)14-10(16)6-13-11(12)15-4-5-17-9(3)7-15/h8-9H,4-7H2,1-3H3,(H2,12,13)(H,14,16). The second kappa shape index (κ2) is 6.44. The smallest absolute Gasteiger partial charge is 0.242 e. The zero-order chi connectivity index (χ0) is 12.8. The highest BCUT2D eigenvalue weighted by molar-refractivity contribution is 5.84. The Bertz CT molecular complexity index is 291. The molecule has 0 aromatic carbocycles. The van der Waals surface area contributed by atoms with Crippen LogP contribution >= 0.6 is 0 Å². The van der Waals surface area contributed by atoms with Gasteiger partial charge in [0.25, 0.3) is 0 Å². The van der Waals surface area contributed by atoms with Crippen LogP contribution in [0.5, 0.6) is 0 Å². The van der Waals surface area contributed by atoms with Gasteiger partial charge in [0, 0.05) is 19.1 Å². The normalized spacial score (nSPS) is 21.8. The average molecular weight is 242 g/mol. The van der Waals surface area contributed by atoms with Gasteiger partial charge in [0.2, 0.25) is 5.91 Å². The fourth-order valence-corrected chi connectivity index (χ4v) is 1.65. The molecule has 98 valence electrons. The van der Waals surface area contributed by atoms with Crippen LogP contribution in [0.3, 0.4) is 0 Å². The topological polar surface area (TPSA) is 80.0 Å². The van der Waals surface area contributed by atoms with Crippen LogP contribution in [-0.2, 0) is 9.53 Å². The van der Waals surface area contributed by atoms with Crippen LogP contribution in [0.25, 0.3) is 0 Å². The van der Waals surface area contributed by atoms with Crippen LogP contribution in [0.2, 0.25) is 0 Å². The summed E-state index contributed by atoms with van der Waals surface area (Å²) >= 11 is 0. The number of nitrogens with two attached hydrogens (primary N) is 1. The lowest BCUT2D eigenvalue weighted by Crippen LogP contribution is -2.48. The third kappa shape index (κ3) is 5.04. The molecule has 0 spiro atoms. The van der Waals surface area contributed by atoms with Gasteiger partial charge in [0.15, 0.2) is 5.96 Å². The Morgan fingerprint density at radius 3 is 2.94 bits per heavy atom. The molecule has 3 N–H and O–H groups in total.